The van der Waals surface area contributed by atoms with Gasteiger partial charge in [0.1, 0.15) is 5.75 Å². The molecule has 2 rings (SSSR count). The van der Waals surface area contributed by atoms with E-state index in [0.29, 0.717) is 22.0 Å². The van der Waals surface area contributed by atoms with Gasteiger partial charge in [0.25, 0.3) is 0 Å². The average molecular weight is 401 g/mol. The van der Waals surface area contributed by atoms with Crippen LogP contribution in [0, 0.1) is 0 Å². The summed E-state index contributed by atoms with van der Waals surface area (Å²) in [5.74, 6) is 0.193. The summed E-state index contributed by atoms with van der Waals surface area (Å²) in [6.07, 6.45) is -0.528. The summed E-state index contributed by atoms with van der Waals surface area (Å²) in [5, 5.41) is 22.9. The maximum Gasteiger partial charge on any atom is 0.143 e. The van der Waals surface area contributed by atoms with E-state index >= 15 is 0 Å². The van der Waals surface area contributed by atoms with Crippen LogP contribution in [0.3, 0.4) is 0 Å². The number of benzene rings is 2. The quantitative estimate of drug-likeness (QED) is 0.716. The molecule has 0 aromatic heterocycles. The molecular formula is C15H15Br2NO2. The summed E-state index contributed by atoms with van der Waals surface area (Å²) >= 11 is 6.59. The Morgan fingerprint density at radius 2 is 1.65 bits per heavy atom. The molecule has 2 aromatic carbocycles. The van der Waals surface area contributed by atoms with E-state index in [1.807, 2.05) is 42.5 Å². The highest BCUT2D eigenvalue weighted by Crippen LogP contribution is 2.33. The molecule has 0 amide bonds. The smallest absolute Gasteiger partial charge is 0.143 e. The van der Waals surface area contributed by atoms with Gasteiger partial charge in [-0.15, -0.1) is 0 Å². The van der Waals surface area contributed by atoms with E-state index in [-0.39, 0.29) is 5.75 Å². The third-order valence-corrected chi connectivity index (χ3v) is 4.14. The molecular weight excluding hydrogens is 386 g/mol. The number of phenols is 1. The maximum absolute atomic E-state index is 10.0. The minimum atomic E-state index is -0.528. The molecule has 3 nitrogen and oxygen atoms in total. The van der Waals surface area contributed by atoms with Crippen LogP contribution in [0.4, 0.5) is 0 Å². The van der Waals surface area contributed by atoms with E-state index in [1.165, 1.54) is 0 Å². The third-order valence-electron chi connectivity index (χ3n) is 2.93. The van der Waals surface area contributed by atoms with Gasteiger partial charge in [-0.05, 0) is 55.1 Å². The lowest BCUT2D eigenvalue weighted by Crippen LogP contribution is -2.21. The predicted octanol–water partition coefficient (Wildman–Crippen LogP) is 3.74. The van der Waals surface area contributed by atoms with Crippen LogP contribution in [0.15, 0.2) is 51.4 Å². The molecule has 2 aromatic rings. The number of aliphatic hydroxyl groups excluding tert-OH is 1. The van der Waals surface area contributed by atoms with E-state index in [4.69, 9.17) is 0 Å². The molecule has 0 heterocycles. The standard InChI is InChI=1S/C15H15Br2NO2/c16-12-6-10(7-13(17)15(12)20)8-18-9-14(19)11-4-2-1-3-5-11/h1-7,14,18-20H,8-9H2. The molecule has 1 atom stereocenters. The average Bonchev–Trinajstić information content (AvgIpc) is 2.45. The van der Waals surface area contributed by atoms with Gasteiger partial charge < -0.3 is 15.5 Å². The molecule has 0 aliphatic rings. The van der Waals surface area contributed by atoms with Gasteiger partial charge in [0.2, 0.25) is 0 Å². The first-order chi connectivity index (χ1) is 9.58. The minimum Gasteiger partial charge on any atom is -0.506 e. The van der Waals surface area contributed by atoms with E-state index in [2.05, 4.69) is 37.2 Å². The van der Waals surface area contributed by atoms with Crippen LogP contribution >= 0.6 is 31.9 Å². The first-order valence-corrected chi connectivity index (χ1v) is 7.77. The fourth-order valence-electron chi connectivity index (χ4n) is 1.87. The second-order valence-corrected chi connectivity index (χ2v) is 6.17. The summed E-state index contributed by atoms with van der Waals surface area (Å²) in [6, 6.07) is 13.2. The Morgan fingerprint density at radius 3 is 2.25 bits per heavy atom. The zero-order valence-corrected chi connectivity index (χ0v) is 13.9. The lowest BCUT2D eigenvalue weighted by molar-refractivity contribution is 0.174. The summed E-state index contributed by atoms with van der Waals surface area (Å²) in [6.45, 7) is 1.08. The van der Waals surface area contributed by atoms with Crippen LogP contribution < -0.4 is 5.32 Å². The van der Waals surface area contributed by atoms with Crippen molar-refractivity contribution in [2.75, 3.05) is 6.54 Å². The largest absolute Gasteiger partial charge is 0.506 e. The number of hydrogen-bond donors (Lipinski definition) is 3. The van der Waals surface area contributed by atoms with E-state index in [1.54, 1.807) is 0 Å². The SMILES string of the molecule is Oc1c(Br)cc(CNCC(O)c2ccccc2)cc1Br. The summed E-state index contributed by atoms with van der Waals surface area (Å²) in [5.41, 5.74) is 1.91. The second-order valence-electron chi connectivity index (χ2n) is 4.47. The molecule has 5 heteroatoms. The monoisotopic (exact) mass is 399 g/mol. The van der Waals surface area contributed by atoms with Gasteiger partial charge in [0.05, 0.1) is 15.0 Å². The van der Waals surface area contributed by atoms with Crippen LogP contribution in [0.2, 0.25) is 0 Å². The molecule has 0 saturated carbocycles. The highest BCUT2D eigenvalue weighted by molar-refractivity contribution is 9.11. The van der Waals surface area contributed by atoms with Crippen molar-refractivity contribution in [2.45, 2.75) is 12.6 Å². The lowest BCUT2D eigenvalue weighted by atomic mass is 10.1. The van der Waals surface area contributed by atoms with E-state index in [0.717, 1.165) is 11.1 Å². The molecule has 1 unspecified atom stereocenters. The molecule has 0 aliphatic heterocycles. The van der Waals surface area contributed by atoms with Crippen molar-refractivity contribution >= 4 is 31.9 Å². The van der Waals surface area contributed by atoms with Gasteiger partial charge >= 0.3 is 0 Å². The fraction of sp³-hybridized carbons (Fsp3) is 0.200. The van der Waals surface area contributed by atoms with Crippen molar-refractivity contribution in [2.24, 2.45) is 0 Å². The topological polar surface area (TPSA) is 52.5 Å². The van der Waals surface area contributed by atoms with Crippen molar-refractivity contribution in [3.63, 3.8) is 0 Å². The Kier molecular flexibility index (Phi) is 5.60. The van der Waals surface area contributed by atoms with Gasteiger partial charge in [0, 0.05) is 13.1 Å². The Hall–Kier alpha value is -0.880. The molecule has 106 valence electrons. The van der Waals surface area contributed by atoms with Gasteiger partial charge in [-0.25, -0.2) is 0 Å². The highest BCUT2D eigenvalue weighted by atomic mass is 79.9. The van der Waals surface area contributed by atoms with E-state index < -0.39 is 6.10 Å². The first kappa shape index (κ1) is 15.5. The number of phenolic OH excluding ortho intramolecular Hbond substituents is 1. The number of aliphatic hydroxyl groups is 1. The van der Waals surface area contributed by atoms with Crippen molar-refractivity contribution in [3.8, 4) is 5.75 Å². The molecule has 0 fully saturated rings. The molecule has 0 bridgehead atoms. The molecule has 3 N–H and O–H groups in total. The summed E-state index contributed by atoms with van der Waals surface area (Å²) < 4.78 is 1.29. The normalized spacial score (nSPS) is 12.3. The van der Waals surface area contributed by atoms with Crippen LogP contribution in [-0.2, 0) is 6.54 Å². The maximum atomic E-state index is 10.0. The van der Waals surface area contributed by atoms with Crippen LogP contribution in [-0.4, -0.2) is 16.8 Å². The van der Waals surface area contributed by atoms with Crippen molar-refractivity contribution in [1.82, 2.24) is 5.32 Å². The number of rotatable bonds is 5. The Bertz CT molecular complexity index is 552. The molecule has 0 saturated heterocycles. The number of nitrogens with one attached hydrogen (secondary N) is 1. The number of halogens is 2. The third kappa shape index (κ3) is 4.06. The summed E-state index contributed by atoms with van der Waals surface area (Å²) in [4.78, 5) is 0. The van der Waals surface area contributed by atoms with E-state index in [9.17, 15) is 10.2 Å². The Labute approximate surface area is 134 Å². The van der Waals surface area contributed by atoms with Crippen LogP contribution in [0.1, 0.15) is 17.2 Å². The van der Waals surface area contributed by atoms with Gasteiger partial charge in [-0.1, -0.05) is 30.3 Å². The molecule has 0 spiro atoms. The Balaban J connectivity index is 1.90. The zero-order chi connectivity index (χ0) is 14.5. The second kappa shape index (κ2) is 7.22. The Morgan fingerprint density at radius 1 is 1.05 bits per heavy atom. The molecule has 0 radical (unpaired) electrons. The van der Waals surface area contributed by atoms with Crippen LogP contribution in [0.25, 0.3) is 0 Å². The molecule has 0 aliphatic carbocycles. The van der Waals surface area contributed by atoms with Crippen molar-refractivity contribution in [3.05, 3.63) is 62.5 Å². The zero-order valence-electron chi connectivity index (χ0n) is 10.7. The molecule has 20 heavy (non-hydrogen) atoms. The number of aromatic hydroxyl groups is 1. The minimum absolute atomic E-state index is 0.193. The fourth-order valence-corrected chi connectivity index (χ4v) is 3.15. The van der Waals surface area contributed by atoms with Crippen molar-refractivity contribution < 1.29 is 10.2 Å². The van der Waals surface area contributed by atoms with Crippen LogP contribution in [0.5, 0.6) is 5.75 Å². The highest BCUT2D eigenvalue weighted by Gasteiger charge is 2.08. The van der Waals surface area contributed by atoms with Crippen molar-refractivity contribution in [1.29, 1.82) is 0 Å². The predicted molar refractivity (Wildman–Crippen MR) is 86.6 cm³/mol. The lowest BCUT2D eigenvalue weighted by Gasteiger charge is -2.13. The van der Waals surface area contributed by atoms with Gasteiger partial charge in [-0.2, -0.15) is 0 Å². The van der Waals surface area contributed by atoms with Gasteiger partial charge in [-0.3, -0.25) is 0 Å². The summed E-state index contributed by atoms with van der Waals surface area (Å²) in [7, 11) is 0. The first-order valence-electron chi connectivity index (χ1n) is 6.18. The van der Waals surface area contributed by atoms with Gasteiger partial charge in [0.15, 0.2) is 0 Å². The number of hydrogen-bond acceptors (Lipinski definition) is 3.